The molecule has 1 aliphatic heterocycles. The largest absolute Gasteiger partial charge is 0.383 e. The van der Waals surface area contributed by atoms with Gasteiger partial charge in [-0.1, -0.05) is 18.2 Å². The van der Waals surface area contributed by atoms with Crippen LogP contribution >= 0.6 is 0 Å². The first kappa shape index (κ1) is 17.3. The van der Waals surface area contributed by atoms with Crippen LogP contribution in [-0.4, -0.2) is 49.7 Å². The maximum absolute atomic E-state index is 12.5. The number of benzene rings is 1. The van der Waals surface area contributed by atoms with Crippen LogP contribution in [0.25, 0.3) is 0 Å². The number of piperidine rings is 1. The van der Waals surface area contributed by atoms with Crippen LogP contribution in [0, 0.1) is 5.92 Å². The molecular formula is C17H25N3O3. The Balaban J connectivity index is 1.92. The van der Waals surface area contributed by atoms with Crippen LogP contribution in [0.5, 0.6) is 0 Å². The first-order valence-corrected chi connectivity index (χ1v) is 8.01. The van der Waals surface area contributed by atoms with E-state index < -0.39 is 0 Å². The van der Waals surface area contributed by atoms with Crippen LogP contribution in [0.15, 0.2) is 30.3 Å². The average Bonchev–Trinajstić information content (AvgIpc) is 2.56. The van der Waals surface area contributed by atoms with E-state index in [4.69, 9.17) is 4.74 Å². The number of urea groups is 1. The Morgan fingerprint density at radius 3 is 2.70 bits per heavy atom. The molecule has 2 N–H and O–H groups in total. The quantitative estimate of drug-likeness (QED) is 0.816. The summed E-state index contributed by atoms with van der Waals surface area (Å²) in [7, 11) is 1.60. The highest BCUT2D eigenvalue weighted by molar-refractivity contribution is 5.90. The van der Waals surface area contributed by atoms with Gasteiger partial charge in [0.25, 0.3) is 0 Å². The highest BCUT2D eigenvalue weighted by Crippen LogP contribution is 2.23. The summed E-state index contributed by atoms with van der Waals surface area (Å²) in [5.74, 6) is -0.170. The van der Waals surface area contributed by atoms with Crippen molar-refractivity contribution in [2.45, 2.75) is 25.8 Å². The van der Waals surface area contributed by atoms with Gasteiger partial charge in [-0.3, -0.25) is 4.79 Å². The molecule has 0 bridgehead atoms. The molecule has 0 aliphatic carbocycles. The molecule has 0 spiro atoms. The molecule has 6 nitrogen and oxygen atoms in total. The molecule has 1 saturated heterocycles. The van der Waals surface area contributed by atoms with Crippen molar-refractivity contribution in [3.05, 3.63) is 30.3 Å². The molecule has 0 radical (unpaired) electrons. The number of amides is 3. The highest BCUT2D eigenvalue weighted by Gasteiger charge is 2.32. The van der Waals surface area contributed by atoms with Crippen molar-refractivity contribution >= 4 is 17.6 Å². The first-order valence-electron chi connectivity index (χ1n) is 8.01. The fourth-order valence-electron chi connectivity index (χ4n) is 2.74. The molecule has 1 aromatic carbocycles. The second-order valence-corrected chi connectivity index (χ2v) is 5.86. The van der Waals surface area contributed by atoms with Gasteiger partial charge in [0.05, 0.1) is 12.5 Å². The van der Waals surface area contributed by atoms with Gasteiger partial charge in [-0.05, 0) is 31.9 Å². The number of methoxy groups -OCH3 is 1. The molecule has 2 atom stereocenters. The molecule has 1 fully saturated rings. The second kappa shape index (κ2) is 8.53. The molecule has 0 unspecified atom stereocenters. The van der Waals surface area contributed by atoms with Gasteiger partial charge in [-0.15, -0.1) is 0 Å². The lowest BCUT2D eigenvalue weighted by atomic mass is 9.93. The Morgan fingerprint density at radius 1 is 1.26 bits per heavy atom. The third-order valence-electron chi connectivity index (χ3n) is 4.14. The molecule has 6 heteroatoms. The third-order valence-corrected chi connectivity index (χ3v) is 4.14. The zero-order valence-electron chi connectivity index (χ0n) is 13.7. The number of hydrogen-bond donors (Lipinski definition) is 2. The van der Waals surface area contributed by atoms with Crippen molar-refractivity contribution < 1.29 is 14.3 Å². The zero-order chi connectivity index (χ0) is 16.7. The smallest absolute Gasteiger partial charge is 0.322 e. The van der Waals surface area contributed by atoms with Crippen molar-refractivity contribution in [3.8, 4) is 0 Å². The summed E-state index contributed by atoms with van der Waals surface area (Å²) >= 11 is 0. The van der Waals surface area contributed by atoms with E-state index >= 15 is 0 Å². The SMILES string of the molecule is COCCNC(=O)[C@H]1CC[C@@H](C)N(C(=O)Nc2ccccc2)C1. The average molecular weight is 319 g/mol. The van der Waals surface area contributed by atoms with Gasteiger partial charge in [0.1, 0.15) is 0 Å². The normalized spacial score (nSPS) is 20.9. The lowest BCUT2D eigenvalue weighted by Crippen LogP contribution is -2.51. The molecule has 126 valence electrons. The van der Waals surface area contributed by atoms with Gasteiger partial charge < -0.3 is 20.3 Å². The van der Waals surface area contributed by atoms with E-state index in [0.717, 1.165) is 18.5 Å². The van der Waals surface area contributed by atoms with Gasteiger partial charge >= 0.3 is 6.03 Å². The summed E-state index contributed by atoms with van der Waals surface area (Å²) in [6.07, 6.45) is 1.62. The minimum atomic E-state index is -0.162. The van der Waals surface area contributed by atoms with Gasteiger partial charge in [0.2, 0.25) is 5.91 Å². The predicted octanol–water partition coefficient (Wildman–Crippen LogP) is 2.08. The fourth-order valence-corrected chi connectivity index (χ4v) is 2.74. The highest BCUT2D eigenvalue weighted by atomic mass is 16.5. The van der Waals surface area contributed by atoms with Gasteiger partial charge in [-0.25, -0.2) is 4.79 Å². The molecule has 3 amide bonds. The van der Waals surface area contributed by atoms with Crippen molar-refractivity contribution in [1.29, 1.82) is 0 Å². The first-order chi connectivity index (χ1) is 11.1. The topological polar surface area (TPSA) is 70.7 Å². The molecule has 0 aromatic heterocycles. The lowest BCUT2D eigenvalue weighted by Gasteiger charge is -2.37. The summed E-state index contributed by atoms with van der Waals surface area (Å²) in [6.45, 7) is 3.45. The third kappa shape index (κ3) is 4.96. The number of carbonyl (C=O) groups excluding carboxylic acids is 2. The second-order valence-electron chi connectivity index (χ2n) is 5.86. The number of likely N-dealkylation sites (tertiary alicyclic amines) is 1. The standard InChI is InChI=1S/C17H25N3O3/c1-13-8-9-14(16(21)18-10-11-23-2)12-20(13)17(22)19-15-6-4-3-5-7-15/h3-7,13-14H,8-12H2,1-2H3,(H,18,21)(H,19,22)/t13-,14+/m1/s1. The predicted molar refractivity (Wildman–Crippen MR) is 89.2 cm³/mol. The van der Waals surface area contributed by atoms with E-state index in [-0.39, 0.29) is 23.9 Å². The molecule has 1 aliphatic rings. The summed E-state index contributed by atoms with van der Waals surface area (Å²) in [4.78, 5) is 26.4. The van der Waals surface area contributed by atoms with Gasteiger partial charge in [0, 0.05) is 31.9 Å². The Labute approximate surface area is 137 Å². The van der Waals surface area contributed by atoms with Crippen molar-refractivity contribution in [2.24, 2.45) is 5.92 Å². The van der Waals surface area contributed by atoms with Crippen LogP contribution in [-0.2, 0) is 9.53 Å². The van der Waals surface area contributed by atoms with E-state index in [9.17, 15) is 9.59 Å². The van der Waals surface area contributed by atoms with Crippen LogP contribution in [0.3, 0.4) is 0 Å². The number of anilines is 1. The van der Waals surface area contributed by atoms with Crippen molar-refractivity contribution in [3.63, 3.8) is 0 Å². The molecular weight excluding hydrogens is 294 g/mol. The molecule has 1 heterocycles. The van der Waals surface area contributed by atoms with E-state index in [1.54, 1.807) is 12.0 Å². The summed E-state index contributed by atoms with van der Waals surface area (Å²) < 4.78 is 4.93. The van der Waals surface area contributed by atoms with E-state index in [1.807, 2.05) is 37.3 Å². The molecule has 2 rings (SSSR count). The van der Waals surface area contributed by atoms with Crippen molar-refractivity contribution in [1.82, 2.24) is 10.2 Å². The summed E-state index contributed by atoms with van der Waals surface area (Å²) in [5, 5.41) is 5.74. The van der Waals surface area contributed by atoms with E-state index in [2.05, 4.69) is 10.6 Å². The maximum Gasteiger partial charge on any atom is 0.322 e. The summed E-state index contributed by atoms with van der Waals surface area (Å²) in [6, 6.07) is 9.32. The van der Waals surface area contributed by atoms with Crippen LogP contribution in [0.1, 0.15) is 19.8 Å². The lowest BCUT2D eigenvalue weighted by molar-refractivity contribution is -0.126. The number of nitrogens with zero attached hydrogens (tertiary/aromatic N) is 1. The maximum atomic E-state index is 12.5. The minimum absolute atomic E-state index is 0.00791. The zero-order valence-corrected chi connectivity index (χ0v) is 13.7. The Morgan fingerprint density at radius 2 is 2.00 bits per heavy atom. The molecule has 23 heavy (non-hydrogen) atoms. The Kier molecular flexibility index (Phi) is 6.40. The minimum Gasteiger partial charge on any atom is -0.383 e. The van der Waals surface area contributed by atoms with Crippen LogP contribution in [0.2, 0.25) is 0 Å². The number of hydrogen-bond acceptors (Lipinski definition) is 3. The number of ether oxygens (including phenoxy) is 1. The number of carbonyl (C=O) groups is 2. The fraction of sp³-hybridized carbons (Fsp3) is 0.529. The number of rotatable bonds is 5. The molecule has 0 saturated carbocycles. The Hall–Kier alpha value is -2.08. The molecule has 1 aromatic rings. The summed E-state index contributed by atoms with van der Waals surface area (Å²) in [5.41, 5.74) is 0.761. The van der Waals surface area contributed by atoms with Gasteiger partial charge in [-0.2, -0.15) is 0 Å². The Bertz CT molecular complexity index is 521. The van der Waals surface area contributed by atoms with Crippen molar-refractivity contribution in [2.75, 3.05) is 32.1 Å². The van der Waals surface area contributed by atoms with E-state index in [0.29, 0.717) is 19.7 Å². The number of nitrogens with one attached hydrogen (secondary N) is 2. The number of para-hydroxylation sites is 1. The monoisotopic (exact) mass is 319 g/mol. The van der Waals surface area contributed by atoms with Gasteiger partial charge in [0.15, 0.2) is 0 Å². The van der Waals surface area contributed by atoms with E-state index in [1.165, 1.54) is 0 Å². The van der Waals surface area contributed by atoms with Crippen LogP contribution < -0.4 is 10.6 Å². The van der Waals surface area contributed by atoms with Crippen LogP contribution in [0.4, 0.5) is 10.5 Å².